The molecular formula is C19H16F4N2O2S. The molecule has 0 spiro atoms. The van der Waals surface area contributed by atoms with E-state index in [0.717, 1.165) is 18.2 Å². The quantitative estimate of drug-likeness (QED) is 0.755. The SMILES string of the molecule is C[C@@H]1S[C@H](c2ccc(C(F)(F)F)cc2)N(CC(=O)Nc2cccc(F)c2)C1=O. The highest BCUT2D eigenvalue weighted by Gasteiger charge is 2.40. The Morgan fingerprint density at radius 1 is 1.18 bits per heavy atom. The summed E-state index contributed by atoms with van der Waals surface area (Å²) < 4.78 is 51.5. The molecule has 1 N–H and O–H groups in total. The van der Waals surface area contributed by atoms with Gasteiger partial charge in [0, 0.05) is 5.69 Å². The molecule has 1 aliphatic heterocycles. The van der Waals surface area contributed by atoms with Crippen molar-refractivity contribution in [1.82, 2.24) is 4.90 Å². The van der Waals surface area contributed by atoms with Gasteiger partial charge in [0.05, 0.1) is 10.8 Å². The molecule has 2 atom stereocenters. The van der Waals surface area contributed by atoms with Crippen LogP contribution in [0.5, 0.6) is 0 Å². The molecule has 4 nitrogen and oxygen atoms in total. The maximum atomic E-state index is 13.2. The van der Waals surface area contributed by atoms with Crippen molar-refractivity contribution < 1.29 is 27.2 Å². The summed E-state index contributed by atoms with van der Waals surface area (Å²) in [4.78, 5) is 26.1. The largest absolute Gasteiger partial charge is 0.416 e. The first-order valence-corrected chi connectivity index (χ1v) is 9.28. The molecule has 0 radical (unpaired) electrons. The standard InChI is InChI=1S/C19H16F4N2O2S/c1-11-17(27)25(10-16(26)24-15-4-2-3-14(20)9-15)18(28-11)12-5-7-13(8-6-12)19(21,22)23/h2-9,11,18H,10H2,1H3,(H,24,26)/t11-,18+/m0/s1. The number of hydrogen-bond acceptors (Lipinski definition) is 3. The lowest BCUT2D eigenvalue weighted by molar-refractivity contribution is -0.137. The van der Waals surface area contributed by atoms with Gasteiger partial charge in [-0.05, 0) is 42.8 Å². The van der Waals surface area contributed by atoms with Gasteiger partial charge in [-0.15, -0.1) is 11.8 Å². The number of rotatable bonds is 4. The van der Waals surface area contributed by atoms with Crippen LogP contribution in [0.2, 0.25) is 0 Å². The number of carbonyl (C=O) groups excluding carboxylic acids is 2. The van der Waals surface area contributed by atoms with Crippen molar-refractivity contribution in [3.8, 4) is 0 Å². The number of alkyl halides is 3. The number of nitrogens with zero attached hydrogens (tertiary/aromatic N) is 1. The predicted octanol–water partition coefficient (Wildman–Crippen LogP) is 4.45. The molecule has 1 heterocycles. The van der Waals surface area contributed by atoms with Crippen LogP contribution in [0.4, 0.5) is 23.2 Å². The lowest BCUT2D eigenvalue weighted by Gasteiger charge is -2.24. The minimum atomic E-state index is -4.45. The molecule has 0 aliphatic carbocycles. The molecule has 3 rings (SSSR count). The fraction of sp³-hybridized carbons (Fsp3) is 0.263. The van der Waals surface area contributed by atoms with E-state index >= 15 is 0 Å². The van der Waals surface area contributed by atoms with Crippen LogP contribution in [-0.2, 0) is 15.8 Å². The molecule has 1 saturated heterocycles. The zero-order valence-electron chi connectivity index (χ0n) is 14.7. The number of halogens is 4. The van der Waals surface area contributed by atoms with E-state index in [9.17, 15) is 27.2 Å². The zero-order valence-corrected chi connectivity index (χ0v) is 15.5. The third-order valence-corrected chi connectivity index (χ3v) is 5.59. The number of benzene rings is 2. The summed E-state index contributed by atoms with van der Waals surface area (Å²) in [5.74, 6) is -1.32. The first kappa shape index (κ1) is 20.2. The highest BCUT2D eigenvalue weighted by molar-refractivity contribution is 8.01. The van der Waals surface area contributed by atoms with Crippen molar-refractivity contribution in [2.75, 3.05) is 11.9 Å². The van der Waals surface area contributed by atoms with Gasteiger partial charge in [0.2, 0.25) is 11.8 Å². The summed E-state index contributed by atoms with van der Waals surface area (Å²) in [5, 5.41) is 1.50. The second kappa shape index (κ2) is 7.83. The molecule has 0 saturated carbocycles. The molecule has 1 fully saturated rings. The molecule has 148 valence electrons. The monoisotopic (exact) mass is 412 g/mol. The number of amides is 2. The van der Waals surface area contributed by atoms with Crippen LogP contribution >= 0.6 is 11.8 Å². The Morgan fingerprint density at radius 3 is 2.46 bits per heavy atom. The Bertz CT molecular complexity index is 886. The molecule has 9 heteroatoms. The van der Waals surface area contributed by atoms with Gasteiger partial charge in [-0.1, -0.05) is 18.2 Å². The summed E-state index contributed by atoms with van der Waals surface area (Å²) in [6.07, 6.45) is -4.45. The maximum Gasteiger partial charge on any atom is 0.416 e. The maximum absolute atomic E-state index is 13.2. The second-order valence-corrected chi connectivity index (χ2v) is 7.70. The van der Waals surface area contributed by atoms with E-state index < -0.39 is 34.1 Å². The topological polar surface area (TPSA) is 49.4 Å². The fourth-order valence-corrected chi connectivity index (χ4v) is 4.13. The molecule has 0 unspecified atom stereocenters. The van der Waals surface area contributed by atoms with Gasteiger partial charge in [-0.3, -0.25) is 9.59 Å². The number of thioether (sulfide) groups is 1. The van der Waals surface area contributed by atoms with Crippen molar-refractivity contribution in [1.29, 1.82) is 0 Å². The van der Waals surface area contributed by atoms with Crippen LogP contribution in [0.3, 0.4) is 0 Å². The lowest BCUT2D eigenvalue weighted by atomic mass is 10.1. The minimum Gasteiger partial charge on any atom is -0.324 e. The van der Waals surface area contributed by atoms with Crippen molar-refractivity contribution in [2.45, 2.75) is 23.7 Å². The fourth-order valence-electron chi connectivity index (χ4n) is 2.85. The summed E-state index contributed by atoms with van der Waals surface area (Å²) in [5.41, 5.74) is -0.0355. The van der Waals surface area contributed by atoms with Gasteiger partial charge >= 0.3 is 6.18 Å². The number of carbonyl (C=O) groups is 2. The average Bonchev–Trinajstić information content (AvgIpc) is 2.89. The number of nitrogens with one attached hydrogen (secondary N) is 1. The van der Waals surface area contributed by atoms with E-state index in [0.29, 0.717) is 5.56 Å². The van der Waals surface area contributed by atoms with E-state index in [2.05, 4.69) is 5.32 Å². The number of anilines is 1. The zero-order chi connectivity index (χ0) is 20.5. The van der Waals surface area contributed by atoms with Crippen LogP contribution in [0.1, 0.15) is 23.4 Å². The molecular weight excluding hydrogens is 396 g/mol. The van der Waals surface area contributed by atoms with Gasteiger partial charge in [-0.25, -0.2) is 4.39 Å². The minimum absolute atomic E-state index is 0.253. The van der Waals surface area contributed by atoms with E-state index in [1.54, 1.807) is 6.92 Å². The van der Waals surface area contributed by atoms with Crippen molar-refractivity contribution in [3.05, 3.63) is 65.5 Å². The highest BCUT2D eigenvalue weighted by atomic mass is 32.2. The molecule has 2 aromatic carbocycles. The van der Waals surface area contributed by atoms with Crippen LogP contribution < -0.4 is 5.32 Å². The summed E-state index contributed by atoms with van der Waals surface area (Å²) in [6, 6.07) is 9.86. The van der Waals surface area contributed by atoms with E-state index in [1.807, 2.05) is 0 Å². The van der Waals surface area contributed by atoms with E-state index in [1.165, 1.54) is 47.0 Å². The molecule has 0 aromatic heterocycles. The second-order valence-electron chi connectivity index (χ2n) is 6.28. The van der Waals surface area contributed by atoms with Gasteiger partial charge in [0.25, 0.3) is 0 Å². The Balaban J connectivity index is 1.76. The summed E-state index contributed by atoms with van der Waals surface area (Å²) in [6.45, 7) is 1.38. The Hall–Kier alpha value is -2.55. The third kappa shape index (κ3) is 4.46. The molecule has 0 bridgehead atoms. The lowest BCUT2D eigenvalue weighted by Crippen LogP contribution is -2.37. The van der Waals surface area contributed by atoms with E-state index in [-0.39, 0.29) is 18.1 Å². The first-order chi connectivity index (χ1) is 13.1. The first-order valence-electron chi connectivity index (χ1n) is 8.33. The normalized spacial score (nSPS) is 19.8. The third-order valence-electron chi connectivity index (χ3n) is 4.19. The van der Waals surface area contributed by atoms with Crippen LogP contribution in [0, 0.1) is 5.82 Å². The molecule has 28 heavy (non-hydrogen) atoms. The van der Waals surface area contributed by atoms with Crippen LogP contribution in [-0.4, -0.2) is 28.5 Å². The average molecular weight is 412 g/mol. The van der Waals surface area contributed by atoms with E-state index in [4.69, 9.17) is 0 Å². The van der Waals surface area contributed by atoms with Gasteiger partial charge in [-0.2, -0.15) is 13.2 Å². The Labute approximate surface area is 162 Å². The van der Waals surface area contributed by atoms with Crippen LogP contribution in [0.15, 0.2) is 48.5 Å². The number of hydrogen-bond donors (Lipinski definition) is 1. The van der Waals surface area contributed by atoms with Gasteiger partial charge < -0.3 is 10.2 Å². The Kier molecular flexibility index (Phi) is 5.64. The molecule has 2 aromatic rings. The predicted molar refractivity (Wildman–Crippen MR) is 98.0 cm³/mol. The summed E-state index contributed by atoms with van der Waals surface area (Å²) in [7, 11) is 0. The van der Waals surface area contributed by atoms with Gasteiger partial charge in [0.1, 0.15) is 17.7 Å². The Morgan fingerprint density at radius 2 is 1.86 bits per heavy atom. The molecule has 1 aliphatic rings. The van der Waals surface area contributed by atoms with Crippen molar-refractivity contribution in [2.24, 2.45) is 0 Å². The smallest absolute Gasteiger partial charge is 0.324 e. The summed E-state index contributed by atoms with van der Waals surface area (Å²) >= 11 is 1.25. The van der Waals surface area contributed by atoms with Crippen LogP contribution in [0.25, 0.3) is 0 Å². The van der Waals surface area contributed by atoms with Crippen molar-refractivity contribution in [3.63, 3.8) is 0 Å². The molecule has 2 amide bonds. The van der Waals surface area contributed by atoms with Gasteiger partial charge in [0.15, 0.2) is 0 Å². The van der Waals surface area contributed by atoms with Crippen molar-refractivity contribution >= 4 is 29.3 Å². The highest BCUT2D eigenvalue weighted by Crippen LogP contribution is 2.43.